The molecule has 0 aliphatic carbocycles. The number of thiophene rings is 1. The molecule has 2 aliphatic rings. The molecule has 7 heteroatoms. The first-order chi connectivity index (χ1) is 14.4. The first kappa shape index (κ1) is 19.4. The molecule has 1 spiro atoms. The topological polar surface area (TPSA) is 49.4 Å². The number of amides is 1. The summed E-state index contributed by atoms with van der Waals surface area (Å²) in [5.41, 5.74) is 0.717. The maximum atomic E-state index is 14.3. The molecule has 4 nitrogen and oxygen atoms in total. The minimum Gasteiger partial charge on any atom is -0.324 e. The molecule has 3 unspecified atom stereocenters. The van der Waals surface area contributed by atoms with E-state index in [4.69, 9.17) is 11.6 Å². The highest BCUT2D eigenvalue weighted by Gasteiger charge is 2.64. The van der Waals surface area contributed by atoms with Crippen LogP contribution in [0.4, 0.5) is 10.1 Å². The number of hydrogen-bond donors (Lipinski definition) is 1. The summed E-state index contributed by atoms with van der Waals surface area (Å²) in [5.74, 6) is -1.79. The van der Waals surface area contributed by atoms with Crippen LogP contribution in [-0.2, 0) is 10.3 Å². The Bertz CT molecular complexity index is 1150. The van der Waals surface area contributed by atoms with E-state index in [1.165, 1.54) is 23.5 Å². The number of nitrogens with one attached hydrogen (secondary N) is 1. The zero-order valence-electron chi connectivity index (χ0n) is 16.1. The van der Waals surface area contributed by atoms with Gasteiger partial charge in [0.25, 0.3) is 0 Å². The first-order valence-electron chi connectivity index (χ1n) is 9.59. The quantitative estimate of drug-likeness (QED) is 0.588. The number of nitrogens with zero attached hydrogens (tertiary/aromatic N) is 1. The Hall–Kier alpha value is -2.54. The SMILES string of the molecule is CN1CC(c2ccc(Cl)cc2)C(C(=O)c2cccs2)C12C(=O)Nc1ccc(F)cc12. The molecule has 3 heterocycles. The molecule has 1 N–H and O–H groups in total. The number of halogens is 2. The zero-order chi connectivity index (χ0) is 21.0. The molecule has 0 bridgehead atoms. The second-order valence-corrected chi connectivity index (χ2v) is 9.15. The number of fused-ring (bicyclic) bond motifs is 2. The number of benzene rings is 2. The lowest BCUT2D eigenvalue weighted by atomic mass is 9.71. The standard InChI is InChI=1S/C23H18ClFN2O2S/c1-27-12-16(13-4-6-14(24)7-5-13)20(21(28)19-3-2-10-30-19)23(27)17-11-15(25)8-9-18(17)26-22(23)29/h2-11,16,20H,12H2,1H3,(H,26,29). The molecule has 0 saturated carbocycles. The second-order valence-electron chi connectivity index (χ2n) is 7.77. The van der Waals surface area contributed by atoms with E-state index < -0.39 is 17.3 Å². The van der Waals surface area contributed by atoms with Crippen LogP contribution in [0.5, 0.6) is 0 Å². The summed E-state index contributed by atoms with van der Waals surface area (Å²) in [5, 5.41) is 5.33. The number of likely N-dealkylation sites (tertiary alicyclic amines) is 1. The third-order valence-electron chi connectivity index (χ3n) is 6.26. The summed E-state index contributed by atoms with van der Waals surface area (Å²) in [4.78, 5) is 29.7. The Kier molecular flexibility index (Phi) is 4.54. The van der Waals surface area contributed by atoms with Crippen LogP contribution >= 0.6 is 22.9 Å². The van der Waals surface area contributed by atoms with E-state index in [-0.39, 0.29) is 17.6 Å². The molecule has 2 aromatic carbocycles. The Labute approximate surface area is 182 Å². The summed E-state index contributed by atoms with van der Waals surface area (Å²) in [6, 6.07) is 15.2. The molecule has 0 radical (unpaired) electrons. The fourth-order valence-corrected chi connectivity index (χ4v) is 5.82. The van der Waals surface area contributed by atoms with Crippen LogP contribution in [-0.4, -0.2) is 30.2 Å². The molecule has 3 aromatic rings. The van der Waals surface area contributed by atoms with Gasteiger partial charge in [-0.25, -0.2) is 4.39 Å². The third-order valence-corrected chi connectivity index (χ3v) is 7.39. The molecular weight excluding hydrogens is 423 g/mol. The molecule has 1 amide bonds. The average Bonchev–Trinajstić information content (AvgIpc) is 3.42. The van der Waals surface area contributed by atoms with E-state index in [0.29, 0.717) is 27.7 Å². The van der Waals surface area contributed by atoms with Crippen molar-refractivity contribution in [1.29, 1.82) is 0 Å². The largest absolute Gasteiger partial charge is 0.324 e. The van der Waals surface area contributed by atoms with Gasteiger partial charge >= 0.3 is 0 Å². The lowest BCUT2D eigenvalue weighted by molar-refractivity contribution is -0.126. The first-order valence-corrected chi connectivity index (χ1v) is 10.8. The number of rotatable bonds is 3. The number of Topliss-reactive ketones (excluding diaryl/α,β-unsaturated/α-hetero) is 1. The van der Waals surface area contributed by atoms with Crippen molar-refractivity contribution in [3.8, 4) is 0 Å². The van der Waals surface area contributed by atoms with Crippen LogP contribution in [0.1, 0.15) is 26.7 Å². The Balaban J connectivity index is 1.74. The Morgan fingerprint density at radius 2 is 2.00 bits per heavy atom. The summed E-state index contributed by atoms with van der Waals surface area (Å²) in [6.45, 7) is 0.479. The van der Waals surface area contributed by atoms with E-state index in [1.807, 2.05) is 35.5 Å². The fourth-order valence-electron chi connectivity index (χ4n) is 4.99. The molecule has 1 saturated heterocycles. The number of ketones is 1. The van der Waals surface area contributed by atoms with Crippen LogP contribution in [0.3, 0.4) is 0 Å². The minimum absolute atomic E-state index is 0.110. The van der Waals surface area contributed by atoms with E-state index in [2.05, 4.69) is 5.32 Å². The van der Waals surface area contributed by atoms with E-state index in [0.717, 1.165) is 5.56 Å². The third kappa shape index (κ3) is 2.68. The van der Waals surface area contributed by atoms with Crippen LogP contribution in [0, 0.1) is 11.7 Å². The van der Waals surface area contributed by atoms with Gasteiger partial charge in [0, 0.05) is 28.7 Å². The van der Waals surface area contributed by atoms with Crippen molar-refractivity contribution in [3.63, 3.8) is 0 Å². The maximum Gasteiger partial charge on any atom is 0.250 e. The monoisotopic (exact) mass is 440 g/mol. The van der Waals surface area contributed by atoms with Crippen LogP contribution < -0.4 is 5.32 Å². The highest BCUT2D eigenvalue weighted by Crippen LogP contribution is 2.55. The van der Waals surface area contributed by atoms with Crippen LogP contribution in [0.25, 0.3) is 0 Å². The summed E-state index contributed by atoms with van der Waals surface area (Å²) < 4.78 is 14.3. The molecule has 152 valence electrons. The van der Waals surface area contributed by atoms with Gasteiger partial charge in [-0.1, -0.05) is 29.8 Å². The van der Waals surface area contributed by atoms with Crippen molar-refractivity contribution in [2.45, 2.75) is 11.5 Å². The highest BCUT2D eigenvalue weighted by atomic mass is 35.5. The van der Waals surface area contributed by atoms with Gasteiger partial charge < -0.3 is 5.32 Å². The van der Waals surface area contributed by atoms with Gasteiger partial charge in [-0.05, 0) is 54.4 Å². The summed E-state index contributed by atoms with van der Waals surface area (Å²) >= 11 is 7.43. The van der Waals surface area contributed by atoms with Crippen molar-refractivity contribution in [3.05, 3.63) is 86.8 Å². The normalized spacial score (nSPS) is 25.5. The highest BCUT2D eigenvalue weighted by molar-refractivity contribution is 7.12. The van der Waals surface area contributed by atoms with Crippen molar-refractivity contribution in [2.75, 3.05) is 18.9 Å². The van der Waals surface area contributed by atoms with E-state index >= 15 is 0 Å². The van der Waals surface area contributed by atoms with Gasteiger partial charge in [-0.15, -0.1) is 11.3 Å². The van der Waals surface area contributed by atoms with Gasteiger partial charge in [0.1, 0.15) is 11.4 Å². The van der Waals surface area contributed by atoms with Crippen molar-refractivity contribution < 1.29 is 14.0 Å². The number of hydrogen-bond acceptors (Lipinski definition) is 4. The van der Waals surface area contributed by atoms with Crippen LogP contribution in [0.15, 0.2) is 60.0 Å². The summed E-state index contributed by atoms with van der Waals surface area (Å²) in [7, 11) is 1.82. The van der Waals surface area contributed by atoms with Gasteiger partial charge in [0.05, 0.1) is 10.8 Å². The predicted molar refractivity (Wildman–Crippen MR) is 116 cm³/mol. The van der Waals surface area contributed by atoms with E-state index in [9.17, 15) is 14.0 Å². The number of likely N-dealkylation sites (N-methyl/N-ethyl adjacent to an activating group) is 1. The molecule has 5 rings (SSSR count). The Morgan fingerprint density at radius 3 is 2.70 bits per heavy atom. The lowest BCUT2D eigenvalue weighted by Gasteiger charge is -2.35. The van der Waals surface area contributed by atoms with E-state index in [1.54, 1.807) is 24.3 Å². The van der Waals surface area contributed by atoms with Crippen molar-refractivity contribution >= 4 is 40.3 Å². The lowest BCUT2D eigenvalue weighted by Crippen LogP contribution is -2.51. The molecular formula is C23H18ClFN2O2S. The average molecular weight is 441 g/mol. The minimum atomic E-state index is -1.27. The molecule has 2 aliphatic heterocycles. The number of carbonyl (C=O) groups is 2. The Morgan fingerprint density at radius 1 is 1.23 bits per heavy atom. The van der Waals surface area contributed by atoms with Crippen molar-refractivity contribution in [2.24, 2.45) is 5.92 Å². The number of anilines is 1. The predicted octanol–water partition coefficient (Wildman–Crippen LogP) is 4.92. The van der Waals surface area contributed by atoms with Gasteiger partial charge in [-0.2, -0.15) is 0 Å². The molecule has 1 fully saturated rings. The zero-order valence-corrected chi connectivity index (χ0v) is 17.6. The van der Waals surface area contributed by atoms with Gasteiger partial charge in [0.15, 0.2) is 5.78 Å². The maximum absolute atomic E-state index is 14.3. The fraction of sp³-hybridized carbons (Fsp3) is 0.217. The van der Waals surface area contributed by atoms with Crippen LogP contribution in [0.2, 0.25) is 5.02 Å². The molecule has 3 atom stereocenters. The summed E-state index contributed by atoms with van der Waals surface area (Å²) in [6.07, 6.45) is 0. The van der Waals surface area contributed by atoms with Gasteiger partial charge in [0.2, 0.25) is 5.91 Å². The van der Waals surface area contributed by atoms with Gasteiger partial charge in [-0.3, -0.25) is 14.5 Å². The molecule has 30 heavy (non-hydrogen) atoms. The second kappa shape index (κ2) is 7.01. The smallest absolute Gasteiger partial charge is 0.250 e. The van der Waals surface area contributed by atoms with Crippen molar-refractivity contribution in [1.82, 2.24) is 4.90 Å². The number of carbonyl (C=O) groups excluding carboxylic acids is 2. The molecule has 1 aromatic heterocycles.